The molecule has 30 heavy (non-hydrogen) atoms. The lowest BCUT2D eigenvalue weighted by Crippen LogP contribution is -2.40. The Balaban J connectivity index is 1.27. The Kier molecular flexibility index (Phi) is 3.75. The van der Waals surface area contributed by atoms with Crippen molar-refractivity contribution in [2.75, 3.05) is 4.90 Å². The first-order valence-corrected chi connectivity index (χ1v) is 10.5. The highest BCUT2D eigenvalue weighted by molar-refractivity contribution is 6.30. The van der Waals surface area contributed by atoms with Gasteiger partial charge in [-0.15, -0.1) is 0 Å². The molecular formula is C24H18ClNO4. The van der Waals surface area contributed by atoms with Crippen LogP contribution in [0.3, 0.4) is 0 Å². The van der Waals surface area contributed by atoms with E-state index in [9.17, 15) is 14.4 Å². The van der Waals surface area contributed by atoms with Crippen LogP contribution in [0, 0.1) is 35.5 Å². The van der Waals surface area contributed by atoms with Gasteiger partial charge in [0.15, 0.2) is 0 Å². The van der Waals surface area contributed by atoms with Gasteiger partial charge in [-0.3, -0.25) is 9.59 Å². The number of imide groups is 1. The molecule has 6 heteroatoms. The van der Waals surface area contributed by atoms with Crippen molar-refractivity contribution in [2.45, 2.75) is 6.42 Å². The average molecular weight is 420 g/mol. The van der Waals surface area contributed by atoms with Crippen LogP contribution in [0.4, 0.5) is 5.69 Å². The molecule has 7 rings (SSSR count). The minimum atomic E-state index is -0.529. The number of nitrogens with zero attached hydrogens (tertiary/aromatic N) is 1. The third-order valence-corrected chi connectivity index (χ3v) is 7.28. The van der Waals surface area contributed by atoms with Crippen LogP contribution in [0.25, 0.3) is 0 Å². The molecule has 1 saturated heterocycles. The van der Waals surface area contributed by atoms with Gasteiger partial charge < -0.3 is 4.74 Å². The van der Waals surface area contributed by atoms with E-state index in [2.05, 4.69) is 12.2 Å². The second-order valence-electron chi connectivity index (χ2n) is 8.56. The number of ether oxygens (including phenoxy) is 1. The lowest BCUT2D eigenvalue weighted by molar-refractivity contribution is -0.124. The quantitative estimate of drug-likeness (QED) is 0.325. The monoisotopic (exact) mass is 419 g/mol. The number of carbonyl (C=O) groups excluding carboxylic acids is 3. The molecule has 4 aliphatic carbocycles. The molecule has 5 aliphatic rings. The number of esters is 1. The smallest absolute Gasteiger partial charge is 0.343 e. The number of carbonyl (C=O) groups is 3. The molecule has 2 bridgehead atoms. The summed E-state index contributed by atoms with van der Waals surface area (Å²) in [6, 6.07) is 13.0. The van der Waals surface area contributed by atoms with Gasteiger partial charge in [-0.2, -0.15) is 0 Å². The number of hydrogen-bond donors (Lipinski definition) is 0. The molecule has 5 nitrogen and oxygen atoms in total. The first kappa shape index (κ1) is 17.9. The van der Waals surface area contributed by atoms with Gasteiger partial charge in [-0.05, 0) is 66.5 Å². The van der Waals surface area contributed by atoms with Gasteiger partial charge in [0.25, 0.3) is 0 Å². The molecule has 1 heterocycles. The van der Waals surface area contributed by atoms with Crippen molar-refractivity contribution >= 4 is 35.1 Å². The fourth-order valence-electron chi connectivity index (χ4n) is 5.65. The molecule has 0 radical (unpaired) electrons. The molecule has 3 fully saturated rings. The number of hydrogen-bond acceptors (Lipinski definition) is 4. The van der Waals surface area contributed by atoms with Crippen molar-refractivity contribution in [1.82, 2.24) is 0 Å². The van der Waals surface area contributed by atoms with Crippen LogP contribution in [0.2, 0.25) is 5.02 Å². The van der Waals surface area contributed by atoms with Crippen LogP contribution in [0.15, 0.2) is 60.7 Å². The average Bonchev–Trinajstić information content (AvgIpc) is 3.52. The summed E-state index contributed by atoms with van der Waals surface area (Å²) in [5.41, 5.74) is 0.819. The highest BCUT2D eigenvalue weighted by Gasteiger charge is 2.67. The Morgan fingerprint density at radius 1 is 0.933 bits per heavy atom. The highest BCUT2D eigenvalue weighted by Crippen LogP contribution is 2.65. The number of halogens is 1. The second-order valence-corrected chi connectivity index (χ2v) is 9.00. The van der Waals surface area contributed by atoms with E-state index >= 15 is 0 Å². The van der Waals surface area contributed by atoms with Crippen molar-refractivity contribution in [3.8, 4) is 5.75 Å². The van der Waals surface area contributed by atoms with Gasteiger partial charge in [-0.1, -0.05) is 29.8 Å². The number of anilines is 1. The number of rotatable bonds is 3. The molecule has 0 N–H and O–H groups in total. The largest absolute Gasteiger partial charge is 0.423 e. The first-order chi connectivity index (χ1) is 14.5. The Labute approximate surface area is 178 Å². The third kappa shape index (κ3) is 2.51. The molecular weight excluding hydrogens is 402 g/mol. The SMILES string of the molecule is O=C(Oc1cccc(N2C(=O)[C@@H]3[C@@H]4C=C[C@H]([C@H]5C[C@H]45)[C@H]3C2=O)c1)c1ccc(Cl)cc1. The van der Waals surface area contributed by atoms with Crippen LogP contribution < -0.4 is 9.64 Å². The first-order valence-electron chi connectivity index (χ1n) is 10.2. The molecule has 2 aromatic rings. The second kappa shape index (κ2) is 6.29. The third-order valence-electron chi connectivity index (χ3n) is 7.03. The zero-order valence-electron chi connectivity index (χ0n) is 15.9. The minimum Gasteiger partial charge on any atom is -0.423 e. The van der Waals surface area contributed by atoms with Gasteiger partial charge in [0.2, 0.25) is 11.8 Å². The van der Waals surface area contributed by atoms with E-state index in [4.69, 9.17) is 16.3 Å². The van der Waals surface area contributed by atoms with Crippen LogP contribution in [0.1, 0.15) is 16.8 Å². The zero-order chi connectivity index (χ0) is 20.6. The summed E-state index contributed by atoms with van der Waals surface area (Å²) >= 11 is 5.86. The van der Waals surface area contributed by atoms with Gasteiger partial charge in [-0.25, -0.2) is 9.69 Å². The maximum absolute atomic E-state index is 13.2. The molecule has 0 aromatic heterocycles. The van der Waals surface area contributed by atoms with Crippen LogP contribution in [0.5, 0.6) is 5.75 Å². The number of benzene rings is 2. The van der Waals surface area contributed by atoms with Crippen molar-refractivity contribution < 1.29 is 19.1 Å². The Morgan fingerprint density at radius 2 is 1.57 bits per heavy atom. The van der Waals surface area contributed by atoms with Crippen molar-refractivity contribution in [3.63, 3.8) is 0 Å². The molecule has 6 atom stereocenters. The van der Waals surface area contributed by atoms with E-state index in [0.717, 1.165) is 6.42 Å². The standard InChI is InChI=1S/C24H18ClNO4/c25-13-6-4-12(5-7-13)24(29)30-15-3-1-2-14(10-15)26-22(27)20-16-8-9-17(19-11-18(16)19)21(20)23(26)28/h1-10,16-21H,11H2/t16-,17-,18-,19-,20-,21-/m1/s1. The summed E-state index contributed by atoms with van der Waals surface area (Å²) in [5, 5.41) is 0.530. The van der Waals surface area contributed by atoms with Crippen LogP contribution in [-0.2, 0) is 9.59 Å². The highest BCUT2D eigenvalue weighted by atomic mass is 35.5. The fraction of sp³-hybridized carbons (Fsp3) is 0.292. The molecule has 0 spiro atoms. The van der Waals surface area contributed by atoms with Gasteiger partial charge >= 0.3 is 5.97 Å². The summed E-state index contributed by atoms with van der Waals surface area (Å²) in [6.07, 6.45) is 5.43. The normalized spacial score (nSPS) is 32.8. The lowest BCUT2D eigenvalue weighted by Gasteiger charge is -2.37. The number of allylic oxidation sites excluding steroid dienone is 2. The van der Waals surface area contributed by atoms with E-state index in [1.165, 1.54) is 4.90 Å². The van der Waals surface area contributed by atoms with E-state index < -0.39 is 5.97 Å². The minimum absolute atomic E-state index is 0.129. The summed E-state index contributed by atoms with van der Waals surface area (Å²) in [5.74, 6) is 0.467. The Bertz CT molecular complexity index is 1090. The number of amides is 2. The van der Waals surface area contributed by atoms with E-state index in [-0.39, 0.29) is 41.2 Å². The van der Waals surface area contributed by atoms with Gasteiger partial charge in [0, 0.05) is 11.1 Å². The van der Waals surface area contributed by atoms with Gasteiger partial charge in [0.05, 0.1) is 23.1 Å². The van der Waals surface area contributed by atoms with Gasteiger partial charge in [0.1, 0.15) is 5.75 Å². The fourth-order valence-corrected chi connectivity index (χ4v) is 5.78. The summed E-state index contributed by atoms with van der Waals surface area (Å²) < 4.78 is 5.46. The maximum atomic E-state index is 13.2. The predicted octanol–water partition coefficient (Wildman–Crippen LogP) is 4.12. The zero-order valence-corrected chi connectivity index (χ0v) is 16.7. The van der Waals surface area contributed by atoms with E-state index in [1.807, 2.05) is 0 Å². The molecule has 1 aliphatic heterocycles. The Morgan fingerprint density at radius 3 is 2.20 bits per heavy atom. The van der Waals surface area contributed by atoms with E-state index in [1.54, 1.807) is 48.5 Å². The topological polar surface area (TPSA) is 63.7 Å². The summed E-state index contributed by atoms with van der Waals surface area (Å²) in [7, 11) is 0. The van der Waals surface area contributed by atoms with Crippen molar-refractivity contribution in [1.29, 1.82) is 0 Å². The molecule has 2 saturated carbocycles. The van der Waals surface area contributed by atoms with Crippen molar-refractivity contribution in [3.05, 3.63) is 71.3 Å². The molecule has 150 valence electrons. The van der Waals surface area contributed by atoms with Crippen molar-refractivity contribution in [2.24, 2.45) is 35.5 Å². The van der Waals surface area contributed by atoms with Crippen LogP contribution in [-0.4, -0.2) is 17.8 Å². The molecule has 2 amide bonds. The van der Waals surface area contributed by atoms with Crippen LogP contribution >= 0.6 is 11.6 Å². The maximum Gasteiger partial charge on any atom is 0.343 e. The molecule has 0 unspecified atom stereocenters. The summed E-state index contributed by atoms with van der Waals surface area (Å²) in [6.45, 7) is 0. The predicted molar refractivity (Wildman–Crippen MR) is 110 cm³/mol. The summed E-state index contributed by atoms with van der Waals surface area (Å²) in [4.78, 5) is 40.2. The molecule has 2 aromatic carbocycles. The lowest BCUT2D eigenvalue weighted by atomic mass is 9.63. The Hall–Kier alpha value is -2.92. The van der Waals surface area contributed by atoms with E-state index in [0.29, 0.717) is 28.1 Å².